The van der Waals surface area contributed by atoms with Gasteiger partial charge in [-0.25, -0.2) is 0 Å². The van der Waals surface area contributed by atoms with Gasteiger partial charge in [0.15, 0.2) is 0 Å². The van der Waals surface area contributed by atoms with Crippen molar-refractivity contribution in [3.8, 4) is 0 Å². The predicted molar refractivity (Wildman–Crippen MR) is 83.5 cm³/mol. The molecule has 1 aliphatic rings. The molecule has 0 spiro atoms. The monoisotopic (exact) mass is 292 g/mol. The maximum Gasteiger partial charge on any atom is 0.256 e. The summed E-state index contributed by atoms with van der Waals surface area (Å²) in [5.74, 6) is 0.0441. The molecule has 0 atom stereocenters. The van der Waals surface area contributed by atoms with Gasteiger partial charge in [0.05, 0.1) is 23.0 Å². The maximum atomic E-state index is 12.9. The molecule has 3 heterocycles. The molecule has 5 heteroatoms. The molecule has 110 valence electrons. The minimum absolute atomic E-state index is 0.0441. The number of fused-ring (bicyclic) bond motifs is 2. The Labute approximate surface area is 128 Å². The lowest BCUT2D eigenvalue weighted by Gasteiger charge is -2.27. The number of para-hydroxylation sites is 1. The van der Waals surface area contributed by atoms with Gasteiger partial charge in [0.2, 0.25) is 0 Å². The molecule has 0 radical (unpaired) electrons. The molecular formula is C17H16N4O. The van der Waals surface area contributed by atoms with Crippen LogP contribution < -0.4 is 0 Å². The topological polar surface area (TPSA) is 61.9 Å². The van der Waals surface area contributed by atoms with E-state index in [-0.39, 0.29) is 5.91 Å². The molecule has 0 bridgehead atoms. The third-order valence-corrected chi connectivity index (χ3v) is 4.23. The van der Waals surface area contributed by atoms with E-state index in [4.69, 9.17) is 0 Å². The van der Waals surface area contributed by atoms with E-state index in [2.05, 4.69) is 15.2 Å². The van der Waals surface area contributed by atoms with Crippen LogP contribution in [0.5, 0.6) is 0 Å². The molecule has 22 heavy (non-hydrogen) atoms. The first-order valence-electron chi connectivity index (χ1n) is 7.39. The predicted octanol–water partition coefficient (Wildman–Crippen LogP) is 2.46. The minimum Gasteiger partial charge on any atom is -0.334 e. The fourth-order valence-corrected chi connectivity index (χ4v) is 2.99. The summed E-state index contributed by atoms with van der Waals surface area (Å²) in [6.07, 6.45) is 2.63. The van der Waals surface area contributed by atoms with Crippen LogP contribution in [0.15, 0.2) is 36.5 Å². The number of aromatic amines is 1. The summed E-state index contributed by atoms with van der Waals surface area (Å²) in [4.78, 5) is 19.3. The summed E-state index contributed by atoms with van der Waals surface area (Å²) >= 11 is 0. The van der Waals surface area contributed by atoms with E-state index in [1.54, 1.807) is 6.20 Å². The highest BCUT2D eigenvalue weighted by Gasteiger charge is 2.24. The molecule has 0 unspecified atom stereocenters. The van der Waals surface area contributed by atoms with Crippen molar-refractivity contribution in [2.75, 3.05) is 6.54 Å². The number of nitrogens with one attached hydrogen (secondary N) is 1. The van der Waals surface area contributed by atoms with Crippen LogP contribution in [0, 0.1) is 6.92 Å². The Morgan fingerprint density at radius 2 is 2.18 bits per heavy atom. The Hall–Kier alpha value is -2.69. The smallest absolute Gasteiger partial charge is 0.256 e. The van der Waals surface area contributed by atoms with Gasteiger partial charge in [0.1, 0.15) is 0 Å². The van der Waals surface area contributed by atoms with Gasteiger partial charge in [-0.2, -0.15) is 5.10 Å². The van der Waals surface area contributed by atoms with Crippen LogP contribution in [0.25, 0.3) is 10.9 Å². The highest BCUT2D eigenvalue weighted by Crippen LogP contribution is 2.21. The fraction of sp³-hybridized carbons (Fsp3) is 0.235. The molecule has 1 aromatic carbocycles. The second-order valence-electron chi connectivity index (χ2n) is 5.66. The number of pyridine rings is 1. The highest BCUT2D eigenvalue weighted by molar-refractivity contribution is 5.98. The zero-order chi connectivity index (χ0) is 15.1. The number of H-pyrrole nitrogens is 1. The number of amides is 1. The molecule has 4 rings (SSSR count). The first-order chi connectivity index (χ1) is 10.7. The molecule has 0 aliphatic carbocycles. The number of hydrogen-bond acceptors (Lipinski definition) is 3. The van der Waals surface area contributed by atoms with Crippen LogP contribution in [-0.4, -0.2) is 32.5 Å². The van der Waals surface area contributed by atoms with Crippen LogP contribution in [0.2, 0.25) is 0 Å². The van der Waals surface area contributed by atoms with Crippen molar-refractivity contribution >= 4 is 16.8 Å². The number of hydrogen-bond donors (Lipinski definition) is 1. The number of carbonyl (C=O) groups excluding carboxylic acids is 1. The summed E-state index contributed by atoms with van der Waals surface area (Å²) in [5, 5.41) is 8.04. The van der Waals surface area contributed by atoms with E-state index in [0.717, 1.165) is 34.3 Å². The molecule has 1 amide bonds. The zero-order valence-electron chi connectivity index (χ0n) is 12.3. The lowest BCUT2D eigenvalue weighted by atomic mass is 10.0. The van der Waals surface area contributed by atoms with E-state index < -0.39 is 0 Å². The number of aromatic nitrogens is 3. The molecule has 0 saturated carbocycles. The van der Waals surface area contributed by atoms with E-state index in [1.807, 2.05) is 42.2 Å². The standard InChI is InChI=1S/C17H16N4O/c1-11-14(8-12-4-2-3-5-15(12)19-11)17(22)21-7-6-16-13(10-21)9-18-20-16/h2-5,8-9H,6-7,10H2,1H3,(H,18,20). The Kier molecular flexibility index (Phi) is 2.92. The fourth-order valence-electron chi connectivity index (χ4n) is 2.99. The Bertz CT molecular complexity index is 868. The van der Waals surface area contributed by atoms with E-state index in [1.165, 1.54) is 0 Å². The number of aryl methyl sites for hydroxylation is 1. The Morgan fingerprint density at radius 3 is 3.09 bits per heavy atom. The third kappa shape index (κ3) is 2.06. The average Bonchev–Trinajstić information content (AvgIpc) is 3.01. The molecule has 3 aromatic rings. The number of nitrogens with zero attached hydrogens (tertiary/aromatic N) is 3. The first-order valence-corrected chi connectivity index (χ1v) is 7.39. The van der Waals surface area contributed by atoms with Crippen LogP contribution in [-0.2, 0) is 13.0 Å². The quantitative estimate of drug-likeness (QED) is 0.749. The third-order valence-electron chi connectivity index (χ3n) is 4.23. The van der Waals surface area contributed by atoms with Gasteiger partial charge in [0, 0.05) is 36.2 Å². The molecule has 0 fully saturated rings. The molecule has 1 N–H and O–H groups in total. The highest BCUT2D eigenvalue weighted by atomic mass is 16.2. The van der Waals surface area contributed by atoms with Crippen molar-refractivity contribution in [1.29, 1.82) is 0 Å². The van der Waals surface area contributed by atoms with Crippen molar-refractivity contribution in [1.82, 2.24) is 20.1 Å². The van der Waals surface area contributed by atoms with E-state index in [0.29, 0.717) is 18.7 Å². The number of rotatable bonds is 1. The average molecular weight is 292 g/mol. The second kappa shape index (κ2) is 4.94. The normalized spacial score (nSPS) is 14.1. The number of carbonyl (C=O) groups is 1. The van der Waals surface area contributed by atoms with Crippen LogP contribution in [0.4, 0.5) is 0 Å². The van der Waals surface area contributed by atoms with Crippen LogP contribution in [0.1, 0.15) is 27.3 Å². The summed E-state index contributed by atoms with van der Waals surface area (Å²) in [5.41, 5.74) is 4.63. The second-order valence-corrected chi connectivity index (χ2v) is 5.66. The lowest BCUT2D eigenvalue weighted by Crippen LogP contribution is -2.36. The molecule has 2 aromatic heterocycles. The van der Waals surface area contributed by atoms with E-state index >= 15 is 0 Å². The lowest BCUT2D eigenvalue weighted by molar-refractivity contribution is 0.0733. The van der Waals surface area contributed by atoms with Crippen LogP contribution >= 0.6 is 0 Å². The first kappa shape index (κ1) is 13.0. The van der Waals surface area contributed by atoms with Crippen molar-refractivity contribution in [2.24, 2.45) is 0 Å². The summed E-state index contributed by atoms with van der Waals surface area (Å²) in [7, 11) is 0. The van der Waals surface area contributed by atoms with Crippen molar-refractivity contribution in [3.05, 3.63) is 59.0 Å². The largest absolute Gasteiger partial charge is 0.334 e. The Morgan fingerprint density at radius 1 is 1.32 bits per heavy atom. The maximum absolute atomic E-state index is 12.9. The SMILES string of the molecule is Cc1nc2ccccc2cc1C(=O)N1CCc2[nH]ncc2C1. The van der Waals surface area contributed by atoms with Crippen molar-refractivity contribution in [3.63, 3.8) is 0 Å². The van der Waals surface area contributed by atoms with Gasteiger partial charge >= 0.3 is 0 Å². The summed E-state index contributed by atoms with van der Waals surface area (Å²) in [6.45, 7) is 3.21. The molecular weight excluding hydrogens is 276 g/mol. The van der Waals surface area contributed by atoms with Crippen molar-refractivity contribution < 1.29 is 4.79 Å². The van der Waals surface area contributed by atoms with Gasteiger partial charge in [0.25, 0.3) is 5.91 Å². The van der Waals surface area contributed by atoms with E-state index in [9.17, 15) is 4.79 Å². The van der Waals surface area contributed by atoms with Gasteiger partial charge in [-0.1, -0.05) is 18.2 Å². The molecule has 1 aliphatic heterocycles. The number of benzene rings is 1. The Balaban J connectivity index is 1.70. The molecule has 0 saturated heterocycles. The van der Waals surface area contributed by atoms with Crippen molar-refractivity contribution in [2.45, 2.75) is 19.9 Å². The van der Waals surface area contributed by atoms with Gasteiger partial charge in [-0.3, -0.25) is 14.9 Å². The summed E-state index contributed by atoms with van der Waals surface area (Å²) in [6, 6.07) is 9.83. The molecule has 5 nitrogen and oxygen atoms in total. The zero-order valence-corrected chi connectivity index (χ0v) is 12.3. The van der Waals surface area contributed by atoms with Gasteiger partial charge in [-0.15, -0.1) is 0 Å². The van der Waals surface area contributed by atoms with Gasteiger partial charge in [-0.05, 0) is 19.1 Å². The summed E-state index contributed by atoms with van der Waals surface area (Å²) < 4.78 is 0. The minimum atomic E-state index is 0.0441. The van der Waals surface area contributed by atoms with Crippen LogP contribution in [0.3, 0.4) is 0 Å². The van der Waals surface area contributed by atoms with Gasteiger partial charge < -0.3 is 4.90 Å².